The molecule has 4 rings (SSSR count). The van der Waals surface area contributed by atoms with Gasteiger partial charge < -0.3 is 25.3 Å². The molecule has 2 aromatic carbocycles. The fourth-order valence-corrected chi connectivity index (χ4v) is 2.05. The number of benzene rings is 2. The van der Waals surface area contributed by atoms with Crippen LogP contribution in [0.15, 0.2) is 110 Å². The predicted octanol–water partition coefficient (Wildman–Crippen LogP) is 2.65. The van der Waals surface area contributed by atoms with Crippen LogP contribution in [-0.2, 0) is 22.5 Å². The number of carboxylic acid groups (broad SMARTS) is 2. The van der Waals surface area contributed by atoms with E-state index in [0.717, 1.165) is 0 Å². The molecule has 0 aliphatic carbocycles. The molecular weight excluding hydrogens is 531 g/mol. The molecular formula is C24H21Cl2CuN2O5+. The number of rotatable bonds is 2. The van der Waals surface area contributed by atoms with Crippen molar-refractivity contribution in [3.05, 3.63) is 131 Å². The number of nitrogens with zero attached hydrogens (tertiary/aromatic N) is 2. The summed E-state index contributed by atoms with van der Waals surface area (Å²) in [4.78, 5) is 27.9. The standard InChI is InChI=1S/2C7H5ClO2.2C5H5N.Cu.H2O/c2*8-6-3-1-5(2-4-6)7(9)10;2*1-2-4-6-5-3-1;;/h2*1-4H,(H,9,10);2*1-5H;;1H2/q;;;;+2;/p-1. The van der Waals surface area contributed by atoms with Gasteiger partial charge in [0.2, 0.25) is 0 Å². The van der Waals surface area contributed by atoms with Gasteiger partial charge in [-0.2, -0.15) is 0 Å². The first-order valence-corrected chi connectivity index (χ1v) is 9.79. The first-order chi connectivity index (χ1) is 15.4. The van der Waals surface area contributed by atoms with Crippen molar-refractivity contribution in [1.82, 2.24) is 9.97 Å². The Labute approximate surface area is 217 Å². The second-order valence-corrected chi connectivity index (χ2v) is 6.51. The second-order valence-electron chi connectivity index (χ2n) is 5.64. The molecule has 7 nitrogen and oxygen atoms in total. The van der Waals surface area contributed by atoms with E-state index in [1.165, 1.54) is 48.5 Å². The van der Waals surface area contributed by atoms with Gasteiger partial charge in [0.25, 0.3) is 0 Å². The van der Waals surface area contributed by atoms with Gasteiger partial charge >= 0.3 is 17.1 Å². The molecule has 0 bridgehead atoms. The molecule has 34 heavy (non-hydrogen) atoms. The summed E-state index contributed by atoms with van der Waals surface area (Å²) in [5.41, 5.74) is 0.286. The van der Waals surface area contributed by atoms with Gasteiger partial charge in [-0.25, -0.2) is 0 Å². The molecule has 0 aliphatic rings. The normalized spacial score (nSPS) is 8.29. The van der Waals surface area contributed by atoms with Crippen molar-refractivity contribution in [1.29, 1.82) is 0 Å². The van der Waals surface area contributed by atoms with Gasteiger partial charge in [-0.3, -0.25) is 9.97 Å². The third kappa shape index (κ3) is 16.4. The zero-order chi connectivity index (χ0) is 23.6. The molecule has 0 atom stereocenters. The average molecular weight is 552 g/mol. The molecule has 10 heteroatoms. The van der Waals surface area contributed by atoms with Crippen LogP contribution >= 0.6 is 23.2 Å². The summed E-state index contributed by atoms with van der Waals surface area (Å²) < 4.78 is 0. The summed E-state index contributed by atoms with van der Waals surface area (Å²) in [5.74, 6) is -2.37. The van der Waals surface area contributed by atoms with Gasteiger partial charge in [0, 0.05) is 34.8 Å². The number of hydrogen-bond acceptors (Lipinski definition) is 6. The Hall–Kier alpha value is -3.26. The maximum atomic E-state index is 10.2. The molecule has 1 radical (unpaired) electrons. The maximum Gasteiger partial charge on any atom is 2.00 e. The average Bonchev–Trinajstić information content (AvgIpc) is 2.83. The van der Waals surface area contributed by atoms with Gasteiger partial charge in [0.1, 0.15) is 0 Å². The number of carbonyl (C=O) groups excluding carboxylic acids is 2. The van der Waals surface area contributed by atoms with Crippen molar-refractivity contribution in [3.63, 3.8) is 0 Å². The fourth-order valence-electron chi connectivity index (χ4n) is 1.80. The second kappa shape index (κ2) is 20.4. The Bertz CT molecular complexity index is 900. The van der Waals surface area contributed by atoms with Crippen LogP contribution in [0.3, 0.4) is 0 Å². The summed E-state index contributed by atoms with van der Waals surface area (Å²) >= 11 is 11.0. The van der Waals surface area contributed by atoms with Crippen LogP contribution in [0, 0.1) is 0 Å². The number of carboxylic acids is 2. The Balaban J connectivity index is 0. The van der Waals surface area contributed by atoms with Gasteiger partial charge in [0.15, 0.2) is 0 Å². The SMILES string of the molecule is O=C([O-])c1ccc(Cl)cc1.O=C([O-])c1ccc(Cl)cc1.[Cu+2].[OH3+].c1ccncc1.c1ccncc1. The predicted molar refractivity (Wildman–Crippen MR) is 125 cm³/mol. The largest absolute Gasteiger partial charge is 2.00 e. The Morgan fingerprint density at radius 1 is 0.559 bits per heavy atom. The van der Waals surface area contributed by atoms with Gasteiger partial charge in [0.05, 0.1) is 11.9 Å². The zero-order valence-electron chi connectivity index (χ0n) is 17.6. The number of halogens is 2. The molecule has 2 heterocycles. The molecule has 0 spiro atoms. The number of aromatic nitrogens is 2. The van der Waals surface area contributed by atoms with Crippen LogP contribution in [0.25, 0.3) is 0 Å². The van der Waals surface area contributed by atoms with Crippen LogP contribution < -0.4 is 10.2 Å². The molecule has 0 saturated carbocycles. The van der Waals surface area contributed by atoms with Crippen molar-refractivity contribution < 1.29 is 42.3 Å². The minimum absolute atomic E-state index is 0. The topological polar surface area (TPSA) is 139 Å². The summed E-state index contributed by atoms with van der Waals surface area (Å²) in [5, 5.41) is 21.4. The van der Waals surface area contributed by atoms with Crippen molar-refractivity contribution in [2.45, 2.75) is 0 Å². The smallest absolute Gasteiger partial charge is 0.545 e. The minimum atomic E-state index is -1.18. The minimum Gasteiger partial charge on any atom is -0.545 e. The molecule has 181 valence electrons. The van der Waals surface area contributed by atoms with Crippen LogP contribution in [0.2, 0.25) is 10.0 Å². The van der Waals surface area contributed by atoms with E-state index in [1.54, 1.807) is 24.8 Å². The third-order valence-electron chi connectivity index (χ3n) is 3.29. The quantitative estimate of drug-likeness (QED) is 0.277. The van der Waals surface area contributed by atoms with Gasteiger partial charge in [-0.1, -0.05) is 59.6 Å². The van der Waals surface area contributed by atoms with Crippen molar-refractivity contribution in [2.75, 3.05) is 0 Å². The van der Waals surface area contributed by atoms with Crippen LogP contribution in [0.4, 0.5) is 0 Å². The molecule has 0 fully saturated rings. The summed E-state index contributed by atoms with van der Waals surface area (Å²) in [6.07, 6.45) is 7.00. The number of carbonyl (C=O) groups is 2. The molecule has 4 aromatic rings. The molecule has 0 saturated heterocycles. The summed E-state index contributed by atoms with van der Waals surface area (Å²) in [7, 11) is 0. The molecule has 2 aromatic heterocycles. The van der Waals surface area contributed by atoms with Crippen molar-refractivity contribution >= 4 is 35.1 Å². The van der Waals surface area contributed by atoms with Gasteiger partial charge in [-0.15, -0.1) is 0 Å². The van der Waals surface area contributed by atoms with Crippen molar-refractivity contribution in [3.8, 4) is 0 Å². The van der Waals surface area contributed by atoms with Crippen LogP contribution in [0.5, 0.6) is 0 Å². The third-order valence-corrected chi connectivity index (χ3v) is 3.80. The summed E-state index contributed by atoms with van der Waals surface area (Å²) in [6, 6.07) is 23.1. The van der Waals surface area contributed by atoms with Crippen LogP contribution in [-0.4, -0.2) is 21.9 Å². The van der Waals surface area contributed by atoms with E-state index < -0.39 is 11.9 Å². The number of pyridine rings is 2. The van der Waals surface area contributed by atoms with E-state index in [9.17, 15) is 19.8 Å². The molecule has 0 amide bonds. The molecule has 3 N–H and O–H groups in total. The monoisotopic (exact) mass is 550 g/mol. The van der Waals surface area contributed by atoms with E-state index >= 15 is 0 Å². The zero-order valence-corrected chi connectivity index (χ0v) is 20.0. The van der Waals surface area contributed by atoms with Crippen LogP contribution in [0.1, 0.15) is 20.7 Å². The summed E-state index contributed by atoms with van der Waals surface area (Å²) in [6.45, 7) is 0. The van der Waals surface area contributed by atoms with Gasteiger partial charge in [-0.05, 0) is 59.7 Å². The Morgan fingerprint density at radius 2 is 0.824 bits per heavy atom. The van der Waals surface area contributed by atoms with E-state index in [1.807, 2.05) is 36.4 Å². The van der Waals surface area contributed by atoms with E-state index in [0.29, 0.717) is 10.0 Å². The fraction of sp³-hybridized carbons (Fsp3) is 0. The Morgan fingerprint density at radius 3 is 0.971 bits per heavy atom. The molecule has 0 unspecified atom stereocenters. The number of hydrogen-bond donors (Lipinski definition) is 0. The number of aromatic carboxylic acids is 2. The van der Waals surface area contributed by atoms with E-state index in [2.05, 4.69) is 9.97 Å². The Kier molecular flexibility index (Phi) is 19.7. The van der Waals surface area contributed by atoms with Crippen molar-refractivity contribution in [2.24, 2.45) is 0 Å². The molecule has 0 aliphatic heterocycles. The maximum absolute atomic E-state index is 10.2. The van der Waals surface area contributed by atoms with E-state index in [4.69, 9.17) is 23.2 Å². The first-order valence-electron chi connectivity index (χ1n) is 9.04. The van der Waals surface area contributed by atoms with E-state index in [-0.39, 0.29) is 33.7 Å². The first kappa shape index (κ1) is 32.9.